The minimum absolute atomic E-state index is 0.00767. The number of H-pyrrole nitrogens is 1. The highest BCUT2D eigenvalue weighted by atomic mass is 16.3. The lowest BCUT2D eigenvalue weighted by Gasteiger charge is -2.05. The topological polar surface area (TPSA) is 78.3 Å². The number of ketones is 1. The van der Waals surface area contributed by atoms with Crippen molar-refractivity contribution in [1.29, 1.82) is 0 Å². The van der Waals surface area contributed by atoms with E-state index in [2.05, 4.69) is 23.5 Å². The van der Waals surface area contributed by atoms with Crippen molar-refractivity contribution >= 4 is 17.6 Å². The standard InChI is InChI=1S/C22H22N2O3/c1-4-16-5-7-17(8-6-16)19-13-27-15(3)21(19)22(26)18-11-20(24-12-18)14(2)23-9-10-25/h4-8,11-13,23-25H,1-2,9-10H2,3H3. The van der Waals surface area contributed by atoms with Gasteiger partial charge in [0.25, 0.3) is 0 Å². The minimum Gasteiger partial charge on any atom is -0.468 e. The molecule has 0 saturated carbocycles. The first-order valence-corrected chi connectivity index (χ1v) is 8.63. The number of rotatable bonds is 8. The predicted octanol–water partition coefficient (Wildman–Crippen LogP) is 4.01. The average molecular weight is 362 g/mol. The fourth-order valence-corrected chi connectivity index (χ4v) is 2.89. The molecule has 0 bridgehead atoms. The zero-order valence-electron chi connectivity index (χ0n) is 15.2. The van der Waals surface area contributed by atoms with Crippen LogP contribution in [0.2, 0.25) is 0 Å². The molecule has 0 aliphatic carbocycles. The van der Waals surface area contributed by atoms with Gasteiger partial charge in [0, 0.05) is 23.9 Å². The number of hydrogen-bond acceptors (Lipinski definition) is 4. The van der Waals surface area contributed by atoms with Gasteiger partial charge in [0.1, 0.15) is 5.76 Å². The van der Waals surface area contributed by atoms with Gasteiger partial charge in [-0.2, -0.15) is 0 Å². The highest BCUT2D eigenvalue weighted by molar-refractivity contribution is 6.13. The fourth-order valence-electron chi connectivity index (χ4n) is 2.89. The lowest BCUT2D eigenvalue weighted by molar-refractivity contribution is 0.103. The smallest absolute Gasteiger partial charge is 0.198 e. The lowest BCUT2D eigenvalue weighted by atomic mass is 9.96. The van der Waals surface area contributed by atoms with E-state index in [1.54, 1.807) is 31.5 Å². The Morgan fingerprint density at radius 3 is 2.74 bits per heavy atom. The van der Waals surface area contributed by atoms with Gasteiger partial charge in [-0.25, -0.2) is 0 Å². The van der Waals surface area contributed by atoms with E-state index in [1.807, 2.05) is 24.3 Å². The van der Waals surface area contributed by atoms with E-state index < -0.39 is 0 Å². The number of aryl methyl sites for hydroxylation is 1. The molecule has 3 aromatic rings. The summed E-state index contributed by atoms with van der Waals surface area (Å²) >= 11 is 0. The number of furan rings is 1. The SMILES string of the molecule is C=Cc1ccc(-c2coc(C)c2C(=O)c2c[nH]c(C(=C)NCCO)c2)cc1. The van der Waals surface area contributed by atoms with E-state index in [-0.39, 0.29) is 12.4 Å². The maximum Gasteiger partial charge on any atom is 0.198 e. The summed E-state index contributed by atoms with van der Waals surface area (Å²) in [7, 11) is 0. The molecule has 3 rings (SSSR count). The van der Waals surface area contributed by atoms with Crippen LogP contribution in [0.25, 0.3) is 22.9 Å². The molecule has 5 heteroatoms. The number of nitrogens with one attached hydrogen (secondary N) is 2. The van der Waals surface area contributed by atoms with E-state index in [1.165, 1.54) is 0 Å². The maximum atomic E-state index is 13.1. The Balaban J connectivity index is 1.91. The Morgan fingerprint density at radius 2 is 2.07 bits per heavy atom. The number of hydrogen-bond donors (Lipinski definition) is 3. The summed E-state index contributed by atoms with van der Waals surface area (Å²) in [6, 6.07) is 9.53. The molecule has 0 aliphatic rings. The van der Waals surface area contributed by atoms with Crippen molar-refractivity contribution in [3.8, 4) is 11.1 Å². The number of carbonyl (C=O) groups is 1. The highest BCUT2D eigenvalue weighted by Crippen LogP contribution is 2.30. The molecular formula is C22H22N2O3. The first-order chi connectivity index (χ1) is 13.0. The number of aromatic amines is 1. The van der Waals surface area contributed by atoms with E-state index in [0.29, 0.717) is 34.8 Å². The van der Waals surface area contributed by atoms with Crippen LogP contribution in [0.3, 0.4) is 0 Å². The third-order valence-electron chi connectivity index (χ3n) is 4.38. The first kappa shape index (κ1) is 18.5. The summed E-state index contributed by atoms with van der Waals surface area (Å²) in [5, 5.41) is 11.9. The van der Waals surface area contributed by atoms with Crippen LogP contribution in [0.1, 0.15) is 32.9 Å². The summed E-state index contributed by atoms with van der Waals surface area (Å²) in [4.78, 5) is 16.2. The van der Waals surface area contributed by atoms with Crippen molar-refractivity contribution in [2.24, 2.45) is 0 Å². The summed E-state index contributed by atoms with van der Waals surface area (Å²) in [6.45, 7) is 9.85. The third kappa shape index (κ3) is 3.78. The molecule has 2 heterocycles. The van der Waals surface area contributed by atoms with Crippen molar-refractivity contribution in [3.05, 3.63) is 84.1 Å². The van der Waals surface area contributed by atoms with Gasteiger partial charge in [0.15, 0.2) is 5.78 Å². The van der Waals surface area contributed by atoms with Gasteiger partial charge in [-0.15, -0.1) is 0 Å². The van der Waals surface area contributed by atoms with Gasteiger partial charge in [-0.3, -0.25) is 4.79 Å². The van der Waals surface area contributed by atoms with Crippen molar-refractivity contribution in [2.45, 2.75) is 6.92 Å². The van der Waals surface area contributed by atoms with E-state index in [4.69, 9.17) is 9.52 Å². The Labute approximate surface area is 158 Å². The summed E-state index contributed by atoms with van der Waals surface area (Å²) in [6.07, 6.45) is 5.04. The molecule has 0 fully saturated rings. The predicted molar refractivity (Wildman–Crippen MR) is 107 cm³/mol. The molecule has 138 valence electrons. The molecule has 0 spiro atoms. The third-order valence-corrected chi connectivity index (χ3v) is 4.38. The van der Waals surface area contributed by atoms with Crippen LogP contribution in [0.4, 0.5) is 0 Å². The number of benzene rings is 1. The second-order valence-electron chi connectivity index (χ2n) is 6.17. The molecule has 0 atom stereocenters. The number of aromatic nitrogens is 1. The van der Waals surface area contributed by atoms with Crippen LogP contribution in [0.5, 0.6) is 0 Å². The Morgan fingerprint density at radius 1 is 1.33 bits per heavy atom. The van der Waals surface area contributed by atoms with Crippen LogP contribution >= 0.6 is 0 Å². The van der Waals surface area contributed by atoms with Crippen molar-refractivity contribution in [1.82, 2.24) is 10.3 Å². The molecule has 0 amide bonds. The van der Waals surface area contributed by atoms with Crippen molar-refractivity contribution in [3.63, 3.8) is 0 Å². The largest absolute Gasteiger partial charge is 0.468 e. The first-order valence-electron chi connectivity index (χ1n) is 8.63. The Hall–Kier alpha value is -3.31. The van der Waals surface area contributed by atoms with Crippen LogP contribution in [0, 0.1) is 6.92 Å². The number of aliphatic hydroxyl groups excluding tert-OH is 1. The van der Waals surface area contributed by atoms with Crippen molar-refractivity contribution in [2.75, 3.05) is 13.2 Å². The van der Waals surface area contributed by atoms with Crippen LogP contribution in [0.15, 0.2) is 60.4 Å². The fraction of sp³-hybridized carbons (Fsp3) is 0.136. The summed E-state index contributed by atoms with van der Waals surface area (Å²) < 4.78 is 5.55. The van der Waals surface area contributed by atoms with Gasteiger partial charge in [0.2, 0.25) is 0 Å². The highest BCUT2D eigenvalue weighted by Gasteiger charge is 2.22. The normalized spacial score (nSPS) is 10.6. The summed E-state index contributed by atoms with van der Waals surface area (Å²) in [5.41, 5.74) is 5.05. The zero-order valence-corrected chi connectivity index (χ0v) is 15.2. The molecular weight excluding hydrogens is 340 g/mol. The van der Waals surface area contributed by atoms with Gasteiger partial charge in [0.05, 0.1) is 29.8 Å². The molecule has 0 saturated heterocycles. The molecule has 0 aliphatic heterocycles. The van der Waals surface area contributed by atoms with Crippen LogP contribution in [-0.4, -0.2) is 29.0 Å². The van der Waals surface area contributed by atoms with E-state index >= 15 is 0 Å². The van der Waals surface area contributed by atoms with Gasteiger partial charge in [-0.05, 0) is 24.1 Å². The molecule has 27 heavy (non-hydrogen) atoms. The minimum atomic E-state index is -0.124. The molecule has 5 nitrogen and oxygen atoms in total. The number of carbonyl (C=O) groups excluding carboxylic acids is 1. The average Bonchev–Trinajstić information content (AvgIpc) is 3.33. The van der Waals surface area contributed by atoms with E-state index in [0.717, 1.165) is 16.7 Å². The molecule has 3 N–H and O–H groups in total. The van der Waals surface area contributed by atoms with E-state index in [9.17, 15) is 4.79 Å². The quantitative estimate of drug-likeness (QED) is 0.529. The van der Waals surface area contributed by atoms with Gasteiger partial charge in [-0.1, -0.05) is 43.5 Å². The summed E-state index contributed by atoms with van der Waals surface area (Å²) in [5.74, 6) is 0.448. The monoisotopic (exact) mass is 362 g/mol. The molecule has 1 aromatic carbocycles. The van der Waals surface area contributed by atoms with Crippen molar-refractivity contribution < 1.29 is 14.3 Å². The maximum absolute atomic E-state index is 13.1. The van der Waals surface area contributed by atoms with Crippen LogP contribution < -0.4 is 5.32 Å². The Bertz CT molecular complexity index is 977. The second-order valence-corrected chi connectivity index (χ2v) is 6.17. The zero-order chi connectivity index (χ0) is 19.4. The molecule has 0 radical (unpaired) electrons. The molecule has 2 aromatic heterocycles. The second kappa shape index (κ2) is 7.93. The Kier molecular flexibility index (Phi) is 5.43. The van der Waals surface area contributed by atoms with Gasteiger partial charge < -0.3 is 19.8 Å². The lowest BCUT2D eigenvalue weighted by Crippen LogP contribution is -2.15. The van der Waals surface area contributed by atoms with Crippen LogP contribution in [-0.2, 0) is 0 Å². The van der Waals surface area contributed by atoms with Gasteiger partial charge >= 0.3 is 0 Å². The number of aliphatic hydroxyl groups is 1. The molecule has 0 unspecified atom stereocenters.